The van der Waals surface area contributed by atoms with Crippen LogP contribution < -0.4 is 15.4 Å². The van der Waals surface area contributed by atoms with Crippen molar-refractivity contribution in [2.75, 3.05) is 20.2 Å². The lowest BCUT2D eigenvalue weighted by atomic mass is 9.87. The van der Waals surface area contributed by atoms with Gasteiger partial charge in [0.15, 0.2) is 0 Å². The smallest absolute Gasteiger partial charge is 0.248 e. The summed E-state index contributed by atoms with van der Waals surface area (Å²) in [6.45, 7) is 4.10. The Morgan fingerprint density at radius 3 is 2.80 bits per heavy atom. The normalized spacial score (nSPS) is 15.9. The fourth-order valence-corrected chi connectivity index (χ4v) is 3.24. The number of nitrogens with zero attached hydrogens (tertiary/aromatic N) is 2. The summed E-state index contributed by atoms with van der Waals surface area (Å²) < 4.78 is 7.16. The number of hydrogen-bond donors (Lipinski definition) is 2. The van der Waals surface area contributed by atoms with E-state index in [4.69, 9.17) is 4.74 Å². The lowest BCUT2D eigenvalue weighted by Gasteiger charge is -2.36. The highest BCUT2D eigenvalue weighted by atomic mass is 35.5. The molecule has 1 saturated heterocycles. The molecule has 1 fully saturated rings. The maximum absolute atomic E-state index is 13.0. The number of carbonyl (C=O) groups is 1. The first kappa shape index (κ1) is 19.3. The minimum Gasteiger partial charge on any atom is -0.496 e. The van der Waals surface area contributed by atoms with Gasteiger partial charge < -0.3 is 15.4 Å². The molecular weight excluding hydrogens is 340 g/mol. The van der Waals surface area contributed by atoms with Crippen LogP contribution in [0.3, 0.4) is 0 Å². The number of methoxy groups -OCH3 is 1. The Bertz CT molecular complexity index is 697. The molecule has 2 heterocycles. The summed E-state index contributed by atoms with van der Waals surface area (Å²) in [5, 5.41) is 10.7. The molecule has 0 unspecified atom stereocenters. The van der Waals surface area contributed by atoms with Crippen LogP contribution in [0, 0.1) is 6.92 Å². The molecular formula is C18H25ClN4O2. The topological polar surface area (TPSA) is 68.2 Å². The van der Waals surface area contributed by atoms with Gasteiger partial charge in [-0.1, -0.05) is 12.1 Å². The lowest BCUT2D eigenvalue weighted by molar-refractivity contribution is -0.132. The van der Waals surface area contributed by atoms with Gasteiger partial charge in [-0.2, -0.15) is 5.10 Å². The number of amides is 1. The molecule has 2 aromatic rings. The molecule has 1 aromatic carbocycles. The number of carbonyl (C=O) groups excluding carboxylic acids is 1. The zero-order valence-corrected chi connectivity index (χ0v) is 15.4. The molecule has 1 amide bonds. The first-order chi connectivity index (χ1) is 11.7. The average molecular weight is 365 g/mol. The molecule has 2 N–H and O–H groups in total. The van der Waals surface area contributed by atoms with Crippen LogP contribution >= 0.6 is 12.4 Å². The highest BCUT2D eigenvalue weighted by molar-refractivity contribution is 5.85. The Morgan fingerprint density at radius 2 is 2.16 bits per heavy atom. The Morgan fingerprint density at radius 1 is 1.40 bits per heavy atom. The Labute approximate surface area is 154 Å². The number of halogens is 1. The standard InChI is InChI=1S/C18H24N4O2.ClH/c1-14-4-5-15(12-16(14)24-2)13-20-17(23)18(6-9-19-10-7-18)22-11-3-8-21-22;/h3-5,8,11-12,19H,6-7,9-10,13H2,1-2H3,(H,20,23);1H. The van der Waals surface area contributed by atoms with Gasteiger partial charge in [0.1, 0.15) is 11.3 Å². The Hall–Kier alpha value is -2.05. The van der Waals surface area contributed by atoms with Gasteiger partial charge in [0, 0.05) is 18.9 Å². The second-order valence-electron chi connectivity index (χ2n) is 6.22. The maximum Gasteiger partial charge on any atom is 0.248 e. The zero-order chi connectivity index (χ0) is 17.0. The summed E-state index contributed by atoms with van der Waals surface area (Å²) in [4.78, 5) is 13.0. The minimum atomic E-state index is -0.608. The summed E-state index contributed by atoms with van der Waals surface area (Å²) in [6, 6.07) is 7.86. The number of rotatable bonds is 5. The first-order valence-corrected chi connectivity index (χ1v) is 8.28. The van der Waals surface area contributed by atoms with E-state index in [1.165, 1.54) is 0 Å². The molecule has 0 saturated carbocycles. The second-order valence-corrected chi connectivity index (χ2v) is 6.22. The fourth-order valence-electron chi connectivity index (χ4n) is 3.24. The van der Waals surface area contributed by atoms with Gasteiger partial charge in [-0.25, -0.2) is 0 Å². The SMILES string of the molecule is COc1cc(CNC(=O)C2(n3cccn3)CCNCC2)ccc1C.Cl. The van der Waals surface area contributed by atoms with Crippen molar-refractivity contribution in [3.05, 3.63) is 47.8 Å². The van der Waals surface area contributed by atoms with Crippen molar-refractivity contribution in [2.45, 2.75) is 31.8 Å². The third kappa shape index (κ3) is 3.96. The van der Waals surface area contributed by atoms with Crippen molar-refractivity contribution in [3.63, 3.8) is 0 Å². The summed E-state index contributed by atoms with van der Waals surface area (Å²) >= 11 is 0. The van der Waals surface area contributed by atoms with Gasteiger partial charge in [0.2, 0.25) is 5.91 Å². The number of hydrogen-bond acceptors (Lipinski definition) is 4. The van der Waals surface area contributed by atoms with Crippen molar-refractivity contribution < 1.29 is 9.53 Å². The molecule has 6 nitrogen and oxygen atoms in total. The molecule has 136 valence electrons. The van der Waals surface area contributed by atoms with Crippen molar-refractivity contribution in [2.24, 2.45) is 0 Å². The number of nitrogens with one attached hydrogen (secondary N) is 2. The van der Waals surface area contributed by atoms with Crippen LogP contribution in [0.4, 0.5) is 0 Å². The second kappa shape index (κ2) is 8.36. The van der Waals surface area contributed by atoms with E-state index in [-0.39, 0.29) is 18.3 Å². The van der Waals surface area contributed by atoms with E-state index in [2.05, 4.69) is 15.7 Å². The number of piperidine rings is 1. The zero-order valence-electron chi connectivity index (χ0n) is 14.6. The van der Waals surface area contributed by atoms with E-state index in [1.54, 1.807) is 18.0 Å². The van der Waals surface area contributed by atoms with Crippen LogP contribution in [0.25, 0.3) is 0 Å². The van der Waals surface area contributed by atoms with Gasteiger partial charge in [-0.3, -0.25) is 9.48 Å². The third-order valence-electron chi connectivity index (χ3n) is 4.72. The number of ether oxygens (including phenoxy) is 1. The molecule has 3 rings (SSSR count). The molecule has 1 aromatic heterocycles. The fraction of sp³-hybridized carbons (Fsp3) is 0.444. The van der Waals surface area contributed by atoms with E-state index in [0.29, 0.717) is 6.54 Å². The van der Waals surface area contributed by atoms with Crippen LogP contribution in [-0.2, 0) is 16.9 Å². The molecule has 0 bridgehead atoms. The molecule has 25 heavy (non-hydrogen) atoms. The quantitative estimate of drug-likeness (QED) is 0.851. The summed E-state index contributed by atoms with van der Waals surface area (Å²) in [7, 11) is 1.66. The number of aryl methyl sites for hydroxylation is 1. The molecule has 7 heteroatoms. The van der Waals surface area contributed by atoms with Crippen LogP contribution in [0.15, 0.2) is 36.7 Å². The highest BCUT2D eigenvalue weighted by Gasteiger charge is 2.41. The van der Waals surface area contributed by atoms with Crippen LogP contribution in [0.5, 0.6) is 5.75 Å². The highest BCUT2D eigenvalue weighted by Crippen LogP contribution is 2.27. The summed E-state index contributed by atoms with van der Waals surface area (Å²) in [5.74, 6) is 0.859. The molecule has 0 aliphatic carbocycles. The van der Waals surface area contributed by atoms with E-state index in [1.807, 2.05) is 37.4 Å². The predicted molar refractivity (Wildman–Crippen MR) is 99.1 cm³/mol. The van der Waals surface area contributed by atoms with E-state index in [0.717, 1.165) is 42.8 Å². The van der Waals surface area contributed by atoms with Crippen molar-refractivity contribution in [1.29, 1.82) is 0 Å². The van der Waals surface area contributed by atoms with E-state index < -0.39 is 5.54 Å². The number of benzene rings is 1. The minimum absolute atomic E-state index is 0. The Balaban J connectivity index is 0.00000225. The maximum atomic E-state index is 13.0. The van der Waals surface area contributed by atoms with Gasteiger partial charge in [-0.05, 0) is 56.1 Å². The first-order valence-electron chi connectivity index (χ1n) is 8.28. The summed E-state index contributed by atoms with van der Waals surface area (Å²) in [5.41, 5.74) is 1.50. The van der Waals surface area contributed by atoms with Crippen LogP contribution in [-0.4, -0.2) is 35.9 Å². The van der Waals surface area contributed by atoms with Crippen molar-refractivity contribution in [1.82, 2.24) is 20.4 Å². The molecule has 0 atom stereocenters. The summed E-state index contributed by atoms with van der Waals surface area (Å²) in [6.07, 6.45) is 5.07. The molecule has 1 aliphatic rings. The van der Waals surface area contributed by atoms with E-state index >= 15 is 0 Å². The van der Waals surface area contributed by atoms with Gasteiger partial charge in [0.05, 0.1) is 7.11 Å². The van der Waals surface area contributed by atoms with Gasteiger partial charge in [0.25, 0.3) is 0 Å². The van der Waals surface area contributed by atoms with Crippen molar-refractivity contribution in [3.8, 4) is 5.75 Å². The lowest BCUT2D eigenvalue weighted by Crippen LogP contribution is -2.54. The Kier molecular flexibility index (Phi) is 6.45. The van der Waals surface area contributed by atoms with Gasteiger partial charge >= 0.3 is 0 Å². The van der Waals surface area contributed by atoms with E-state index in [9.17, 15) is 4.79 Å². The number of aromatic nitrogens is 2. The van der Waals surface area contributed by atoms with Gasteiger partial charge in [-0.15, -0.1) is 12.4 Å². The molecule has 0 radical (unpaired) electrons. The molecule has 1 aliphatic heterocycles. The van der Waals surface area contributed by atoms with Crippen LogP contribution in [0.2, 0.25) is 0 Å². The predicted octanol–water partition coefficient (Wildman–Crippen LogP) is 2.02. The van der Waals surface area contributed by atoms with Crippen LogP contribution in [0.1, 0.15) is 24.0 Å². The molecule has 0 spiro atoms. The monoisotopic (exact) mass is 364 g/mol. The average Bonchev–Trinajstić information content (AvgIpc) is 3.16. The largest absolute Gasteiger partial charge is 0.496 e. The third-order valence-corrected chi connectivity index (χ3v) is 4.72. The van der Waals surface area contributed by atoms with Crippen molar-refractivity contribution >= 4 is 18.3 Å².